The van der Waals surface area contributed by atoms with Crippen LogP contribution in [0, 0.1) is 13.8 Å². The van der Waals surface area contributed by atoms with Crippen LogP contribution in [0.25, 0.3) is 0 Å². The van der Waals surface area contributed by atoms with Crippen LogP contribution in [0.2, 0.25) is 0 Å². The molecule has 0 bridgehead atoms. The molecule has 0 radical (unpaired) electrons. The van der Waals surface area contributed by atoms with Crippen LogP contribution < -0.4 is 10.1 Å². The van der Waals surface area contributed by atoms with Crippen LogP contribution in [-0.2, 0) is 6.42 Å². The van der Waals surface area contributed by atoms with Crippen LogP contribution >= 0.6 is 0 Å². The van der Waals surface area contributed by atoms with Crippen molar-refractivity contribution in [2.45, 2.75) is 26.7 Å². The Morgan fingerprint density at radius 3 is 2.84 bits per heavy atom. The molecule has 2 aromatic heterocycles. The minimum atomic E-state index is 0.782. The molecule has 5 heteroatoms. The fraction of sp³-hybridized carbons (Fsp3) is 0.429. The Balaban J connectivity index is 1.86. The average molecular weight is 260 g/mol. The Kier molecular flexibility index (Phi) is 4.39. The maximum absolute atomic E-state index is 5.28. The molecule has 2 aromatic rings. The number of rotatable bonds is 6. The lowest BCUT2D eigenvalue weighted by molar-refractivity contribution is 0.414. The van der Waals surface area contributed by atoms with Gasteiger partial charge >= 0.3 is 0 Å². The lowest BCUT2D eigenvalue weighted by Gasteiger charge is -2.11. The van der Waals surface area contributed by atoms with E-state index in [-0.39, 0.29) is 0 Å². The number of ether oxygens (including phenoxy) is 1. The van der Waals surface area contributed by atoms with Gasteiger partial charge in [-0.3, -0.25) is 10.1 Å². The monoisotopic (exact) mass is 260 g/mol. The van der Waals surface area contributed by atoms with E-state index in [1.54, 1.807) is 13.3 Å². The molecule has 2 rings (SSSR count). The molecule has 0 saturated heterocycles. The lowest BCUT2D eigenvalue weighted by atomic mass is 10.1. The first kappa shape index (κ1) is 13.4. The highest BCUT2D eigenvalue weighted by atomic mass is 16.5. The highest BCUT2D eigenvalue weighted by molar-refractivity contribution is 5.55. The summed E-state index contributed by atoms with van der Waals surface area (Å²) in [5, 5.41) is 10.4. The van der Waals surface area contributed by atoms with Crippen LogP contribution in [0.5, 0.6) is 5.75 Å². The summed E-state index contributed by atoms with van der Waals surface area (Å²) in [5.41, 5.74) is 4.41. The Morgan fingerprint density at radius 1 is 1.32 bits per heavy atom. The van der Waals surface area contributed by atoms with Crippen molar-refractivity contribution in [1.29, 1.82) is 0 Å². The largest absolute Gasteiger partial charge is 0.493 e. The highest BCUT2D eigenvalue weighted by Crippen LogP contribution is 2.23. The summed E-state index contributed by atoms with van der Waals surface area (Å²) in [5.74, 6) is 0.782. The molecule has 2 heterocycles. The Hall–Kier alpha value is -2.04. The molecular weight excluding hydrogens is 240 g/mol. The zero-order valence-corrected chi connectivity index (χ0v) is 11.7. The van der Waals surface area contributed by atoms with Crippen molar-refractivity contribution in [3.8, 4) is 5.75 Å². The minimum Gasteiger partial charge on any atom is -0.493 e. The molecule has 0 spiro atoms. The third-order valence-electron chi connectivity index (χ3n) is 3.10. The fourth-order valence-electron chi connectivity index (χ4n) is 1.98. The van der Waals surface area contributed by atoms with Crippen molar-refractivity contribution in [3.63, 3.8) is 0 Å². The zero-order chi connectivity index (χ0) is 13.7. The summed E-state index contributed by atoms with van der Waals surface area (Å²) in [4.78, 5) is 4.21. The number of nitrogens with one attached hydrogen (secondary N) is 2. The molecular formula is C14H20N4O. The third-order valence-corrected chi connectivity index (χ3v) is 3.10. The third kappa shape index (κ3) is 3.47. The van der Waals surface area contributed by atoms with E-state index in [2.05, 4.69) is 20.5 Å². The predicted octanol–water partition coefficient (Wildman–Crippen LogP) is 2.47. The number of nitrogens with zero attached hydrogens (tertiary/aromatic N) is 2. The Morgan fingerprint density at radius 2 is 2.16 bits per heavy atom. The maximum atomic E-state index is 5.28. The normalized spacial score (nSPS) is 10.5. The van der Waals surface area contributed by atoms with Gasteiger partial charge in [-0.1, -0.05) is 0 Å². The van der Waals surface area contributed by atoms with Crippen molar-refractivity contribution < 1.29 is 4.74 Å². The second-order valence-electron chi connectivity index (χ2n) is 4.58. The summed E-state index contributed by atoms with van der Waals surface area (Å²) in [6.45, 7) is 4.91. The quantitative estimate of drug-likeness (QED) is 0.783. The molecule has 0 aliphatic rings. The van der Waals surface area contributed by atoms with E-state index >= 15 is 0 Å². The topological polar surface area (TPSA) is 62.8 Å². The lowest BCUT2D eigenvalue weighted by Crippen LogP contribution is -2.05. The summed E-state index contributed by atoms with van der Waals surface area (Å²) < 4.78 is 5.28. The van der Waals surface area contributed by atoms with E-state index in [0.29, 0.717) is 0 Å². The minimum absolute atomic E-state index is 0.782. The van der Waals surface area contributed by atoms with E-state index in [9.17, 15) is 0 Å². The van der Waals surface area contributed by atoms with Crippen LogP contribution in [0.1, 0.15) is 23.4 Å². The zero-order valence-electron chi connectivity index (χ0n) is 11.7. The van der Waals surface area contributed by atoms with Gasteiger partial charge < -0.3 is 10.1 Å². The van der Waals surface area contributed by atoms with E-state index in [1.807, 2.05) is 26.1 Å². The van der Waals surface area contributed by atoms with Gasteiger partial charge in [0.2, 0.25) is 0 Å². The molecule has 102 valence electrons. The molecule has 0 saturated carbocycles. The van der Waals surface area contributed by atoms with Gasteiger partial charge in [0.1, 0.15) is 0 Å². The number of methoxy groups -OCH3 is 1. The first-order valence-corrected chi connectivity index (χ1v) is 6.44. The molecule has 2 N–H and O–H groups in total. The first-order chi connectivity index (χ1) is 9.20. The average Bonchev–Trinajstić information content (AvgIpc) is 2.80. The number of aromatic nitrogens is 3. The van der Waals surface area contributed by atoms with Gasteiger partial charge in [-0.2, -0.15) is 5.10 Å². The van der Waals surface area contributed by atoms with Gasteiger partial charge in [-0.15, -0.1) is 0 Å². The predicted molar refractivity (Wildman–Crippen MR) is 75.7 cm³/mol. The number of hydrogen-bond donors (Lipinski definition) is 2. The van der Waals surface area contributed by atoms with Crippen molar-refractivity contribution >= 4 is 5.69 Å². The maximum Gasteiger partial charge on any atom is 0.160 e. The van der Waals surface area contributed by atoms with Crippen molar-refractivity contribution in [1.82, 2.24) is 15.2 Å². The molecule has 0 aromatic carbocycles. The van der Waals surface area contributed by atoms with Gasteiger partial charge in [0.25, 0.3) is 0 Å². The Bertz CT molecular complexity index is 536. The van der Waals surface area contributed by atoms with Crippen LogP contribution in [0.3, 0.4) is 0 Å². The van der Waals surface area contributed by atoms with Gasteiger partial charge in [0, 0.05) is 17.9 Å². The Labute approximate surface area is 113 Å². The molecule has 0 aliphatic heterocycles. The van der Waals surface area contributed by atoms with Crippen molar-refractivity contribution in [2.24, 2.45) is 0 Å². The number of pyridine rings is 1. The summed E-state index contributed by atoms with van der Waals surface area (Å²) in [6.07, 6.45) is 5.71. The van der Waals surface area contributed by atoms with E-state index < -0.39 is 0 Å². The molecule has 0 atom stereocenters. The second-order valence-corrected chi connectivity index (χ2v) is 4.58. The molecule has 0 aliphatic carbocycles. The van der Waals surface area contributed by atoms with Gasteiger partial charge in [-0.05, 0) is 38.3 Å². The number of aromatic amines is 1. The fourth-order valence-corrected chi connectivity index (χ4v) is 1.98. The number of hydrogen-bond acceptors (Lipinski definition) is 4. The number of aryl methyl sites for hydroxylation is 3. The standard InChI is InChI=1S/C14H20N4O/c1-10-7-13(14(19-3)9-16-10)15-6-4-5-12-8-17-18-11(12)2/h7-9H,4-6H2,1-3H3,(H,15,16)(H,17,18). The number of H-pyrrole nitrogens is 1. The SMILES string of the molecule is COc1cnc(C)cc1NCCCc1cn[nH]c1C. The van der Waals surface area contributed by atoms with Gasteiger partial charge in [0.05, 0.1) is 25.2 Å². The molecule has 5 nitrogen and oxygen atoms in total. The molecule has 19 heavy (non-hydrogen) atoms. The van der Waals surface area contributed by atoms with Crippen LogP contribution in [-0.4, -0.2) is 28.8 Å². The highest BCUT2D eigenvalue weighted by Gasteiger charge is 2.04. The number of anilines is 1. The second kappa shape index (κ2) is 6.22. The van der Waals surface area contributed by atoms with Crippen molar-refractivity contribution in [2.75, 3.05) is 19.0 Å². The van der Waals surface area contributed by atoms with Crippen molar-refractivity contribution in [3.05, 3.63) is 35.4 Å². The summed E-state index contributed by atoms with van der Waals surface area (Å²) >= 11 is 0. The summed E-state index contributed by atoms with van der Waals surface area (Å²) in [6, 6.07) is 2.00. The van der Waals surface area contributed by atoms with Gasteiger partial charge in [-0.25, -0.2) is 0 Å². The molecule has 0 amide bonds. The van der Waals surface area contributed by atoms with Gasteiger partial charge in [0.15, 0.2) is 5.75 Å². The van der Waals surface area contributed by atoms with E-state index in [1.165, 1.54) is 5.56 Å². The first-order valence-electron chi connectivity index (χ1n) is 6.44. The summed E-state index contributed by atoms with van der Waals surface area (Å²) in [7, 11) is 1.66. The van der Waals surface area contributed by atoms with E-state index in [4.69, 9.17) is 4.74 Å². The van der Waals surface area contributed by atoms with Crippen LogP contribution in [0.15, 0.2) is 18.5 Å². The molecule has 0 unspecified atom stereocenters. The smallest absolute Gasteiger partial charge is 0.160 e. The van der Waals surface area contributed by atoms with E-state index in [0.717, 1.165) is 42.2 Å². The molecule has 0 fully saturated rings. The van der Waals surface area contributed by atoms with Crippen LogP contribution in [0.4, 0.5) is 5.69 Å².